The number of benzene rings is 1. The van der Waals surface area contributed by atoms with Crippen molar-refractivity contribution in [3.63, 3.8) is 0 Å². The number of carbonyl (C=O) groups excluding carboxylic acids is 2. The molecule has 0 bridgehead atoms. The van der Waals surface area contributed by atoms with Gasteiger partial charge in [-0.05, 0) is 37.8 Å². The van der Waals surface area contributed by atoms with Crippen LogP contribution in [0.1, 0.15) is 57.4 Å². The van der Waals surface area contributed by atoms with E-state index in [0.29, 0.717) is 25.0 Å². The van der Waals surface area contributed by atoms with Crippen LogP contribution in [0, 0.1) is 0 Å². The summed E-state index contributed by atoms with van der Waals surface area (Å²) >= 11 is 0. The van der Waals surface area contributed by atoms with E-state index in [9.17, 15) is 9.59 Å². The molecule has 4 rings (SSSR count). The summed E-state index contributed by atoms with van der Waals surface area (Å²) in [5, 5.41) is 2.98. The fourth-order valence-corrected chi connectivity index (χ4v) is 4.21. The summed E-state index contributed by atoms with van der Waals surface area (Å²) < 4.78 is 2.20. The van der Waals surface area contributed by atoms with Gasteiger partial charge in [0.2, 0.25) is 17.8 Å². The highest BCUT2D eigenvalue weighted by molar-refractivity contribution is 5.95. The molecular weight excluding hydrogens is 328 g/mol. The van der Waals surface area contributed by atoms with Crippen LogP contribution in [0.5, 0.6) is 0 Å². The summed E-state index contributed by atoms with van der Waals surface area (Å²) in [5.41, 5.74) is 1.98. The normalized spacial score (nSPS) is 19.1. The minimum absolute atomic E-state index is 0.0761. The molecule has 1 aromatic carbocycles. The van der Waals surface area contributed by atoms with Crippen molar-refractivity contribution in [3.8, 4) is 0 Å². The Morgan fingerprint density at radius 1 is 1.12 bits per heavy atom. The minimum atomic E-state index is -0.160. The van der Waals surface area contributed by atoms with Gasteiger partial charge in [-0.2, -0.15) is 0 Å². The molecule has 2 aliphatic rings. The molecule has 1 saturated heterocycles. The van der Waals surface area contributed by atoms with E-state index in [4.69, 9.17) is 0 Å². The van der Waals surface area contributed by atoms with Crippen molar-refractivity contribution in [2.24, 2.45) is 0 Å². The highest BCUT2D eigenvalue weighted by Gasteiger charge is 2.24. The SMILES string of the molecule is O=C(CN1CCCCC1=O)Nc1nc2ccccc2n1C1CCCCC1. The summed E-state index contributed by atoms with van der Waals surface area (Å²) in [6.07, 6.45) is 8.39. The van der Waals surface area contributed by atoms with Gasteiger partial charge in [0, 0.05) is 19.0 Å². The van der Waals surface area contributed by atoms with E-state index in [1.807, 2.05) is 18.2 Å². The van der Waals surface area contributed by atoms with Gasteiger partial charge in [0.1, 0.15) is 0 Å². The van der Waals surface area contributed by atoms with Crippen LogP contribution < -0.4 is 5.32 Å². The Kier molecular flexibility index (Phi) is 4.91. The number of anilines is 1. The van der Waals surface area contributed by atoms with Crippen molar-refractivity contribution in [2.75, 3.05) is 18.4 Å². The third-order valence-corrected chi connectivity index (χ3v) is 5.54. The molecule has 6 nitrogen and oxygen atoms in total. The number of piperidine rings is 1. The van der Waals surface area contributed by atoms with Gasteiger partial charge in [-0.3, -0.25) is 14.9 Å². The number of hydrogen-bond donors (Lipinski definition) is 1. The number of nitrogens with zero attached hydrogens (tertiary/aromatic N) is 3. The van der Waals surface area contributed by atoms with Gasteiger partial charge < -0.3 is 9.47 Å². The second-order valence-electron chi connectivity index (χ2n) is 7.41. The number of aromatic nitrogens is 2. The Morgan fingerprint density at radius 3 is 2.73 bits per heavy atom. The average Bonchev–Trinajstić information content (AvgIpc) is 3.02. The maximum atomic E-state index is 12.6. The predicted molar refractivity (Wildman–Crippen MR) is 101 cm³/mol. The van der Waals surface area contributed by atoms with Gasteiger partial charge in [-0.25, -0.2) is 4.98 Å². The molecule has 6 heteroatoms. The van der Waals surface area contributed by atoms with Crippen LogP contribution in [0.25, 0.3) is 11.0 Å². The zero-order valence-electron chi connectivity index (χ0n) is 15.1. The van der Waals surface area contributed by atoms with Crippen molar-refractivity contribution in [1.29, 1.82) is 0 Å². The van der Waals surface area contributed by atoms with Crippen LogP contribution in [-0.4, -0.2) is 39.4 Å². The second kappa shape index (κ2) is 7.48. The Labute approximate surface area is 153 Å². The van der Waals surface area contributed by atoms with E-state index in [1.165, 1.54) is 19.3 Å². The van der Waals surface area contributed by atoms with Gasteiger partial charge in [0.15, 0.2) is 0 Å². The van der Waals surface area contributed by atoms with Gasteiger partial charge in [-0.1, -0.05) is 31.4 Å². The predicted octanol–water partition coefficient (Wildman–Crippen LogP) is 3.49. The van der Waals surface area contributed by atoms with Gasteiger partial charge in [0.05, 0.1) is 17.6 Å². The standard InChI is InChI=1S/C20H26N4O2/c25-18(14-23-13-7-6-12-19(23)26)22-20-21-16-10-4-5-11-17(16)24(20)15-8-2-1-3-9-15/h4-5,10-11,15H,1-3,6-9,12-14H2,(H,21,22,25). The molecule has 1 N–H and O–H groups in total. The smallest absolute Gasteiger partial charge is 0.246 e. The largest absolute Gasteiger partial charge is 0.333 e. The molecule has 2 aromatic rings. The summed E-state index contributed by atoms with van der Waals surface area (Å²) in [6.45, 7) is 0.790. The van der Waals surface area contributed by atoms with Gasteiger partial charge in [-0.15, -0.1) is 0 Å². The fourth-order valence-electron chi connectivity index (χ4n) is 4.21. The lowest BCUT2D eigenvalue weighted by Gasteiger charge is -2.27. The number of likely N-dealkylation sites (tertiary alicyclic amines) is 1. The second-order valence-corrected chi connectivity index (χ2v) is 7.41. The third-order valence-electron chi connectivity index (χ3n) is 5.54. The molecule has 2 heterocycles. The highest BCUT2D eigenvalue weighted by atomic mass is 16.2. The molecule has 0 atom stereocenters. The molecule has 1 saturated carbocycles. The summed E-state index contributed by atoms with van der Waals surface area (Å²) in [4.78, 5) is 30.9. The van der Waals surface area contributed by atoms with Crippen molar-refractivity contribution >= 4 is 28.8 Å². The number of nitrogens with one attached hydrogen (secondary N) is 1. The van der Waals surface area contributed by atoms with Crippen LogP contribution in [0.15, 0.2) is 24.3 Å². The van der Waals surface area contributed by atoms with Gasteiger partial charge >= 0.3 is 0 Å². The Morgan fingerprint density at radius 2 is 1.92 bits per heavy atom. The summed E-state index contributed by atoms with van der Waals surface area (Å²) in [7, 11) is 0. The van der Waals surface area contributed by atoms with E-state index in [-0.39, 0.29) is 18.4 Å². The lowest BCUT2D eigenvalue weighted by molar-refractivity contribution is -0.136. The summed E-state index contributed by atoms with van der Waals surface area (Å²) in [5.74, 6) is 0.535. The zero-order chi connectivity index (χ0) is 17.9. The molecule has 138 valence electrons. The van der Waals surface area contributed by atoms with E-state index >= 15 is 0 Å². The van der Waals surface area contributed by atoms with Crippen molar-refractivity contribution in [2.45, 2.75) is 57.4 Å². The molecule has 26 heavy (non-hydrogen) atoms. The van der Waals surface area contributed by atoms with Crippen molar-refractivity contribution in [3.05, 3.63) is 24.3 Å². The molecule has 0 spiro atoms. The molecule has 2 amide bonds. The molecule has 1 aliphatic carbocycles. The van der Waals surface area contributed by atoms with E-state index in [2.05, 4.69) is 20.9 Å². The molecule has 0 radical (unpaired) electrons. The van der Waals surface area contributed by atoms with Crippen molar-refractivity contribution < 1.29 is 9.59 Å². The highest BCUT2D eigenvalue weighted by Crippen LogP contribution is 2.34. The van der Waals surface area contributed by atoms with E-state index in [0.717, 1.165) is 36.7 Å². The number of hydrogen-bond acceptors (Lipinski definition) is 3. The van der Waals surface area contributed by atoms with E-state index < -0.39 is 0 Å². The van der Waals surface area contributed by atoms with E-state index in [1.54, 1.807) is 4.90 Å². The first-order valence-corrected chi connectivity index (χ1v) is 9.77. The first-order chi connectivity index (χ1) is 12.7. The van der Waals surface area contributed by atoms with Crippen LogP contribution in [0.3, 0.4) is 0 Å². The zero-order valence-corrected chi connectivity index (χ0v) is 15.1. The van der Waals surface area contributed by atoms with Crippen LogP contribution in [0.4, 0.5) is 5.95 Å². The molecule has 2 fully saturated rings. The summed E-state index contributed by atoms with van der Waals surface area (Å²) in [6, 6.07) is 8.42. The Hall–Kier alpha value is -2.37. The maximum Gasteiger partial charge on any atom is 0.246 e. The molecule has 0 unspecified atom stereocenters. The lowest BCUT2D eigenvalue weighted by Crippen LogP contribution is -2.41. The third kappa shape index (κ3) is 3.45. The number of imidazole rings is 1. The molecular formula is C20H26N4O2. The topological polar surface area (TPSA) is 67.2 Å². The Balaban J connectivity index is 1.57. The fraction of sp³-hybridized carbons (Fsp3) is 0.550. The maximum absolute atomic E-state index is 12.6. The van der Waals surface area contributed by atoms with Crippen LogP contribution in [0.2, 0.25) is 0 Å². The van der Waals surface area contributed by atoms with Crippen molar-refractivity contribution in [1.82, 2.24) is 14.5 Å². The number of amides is 2. The number of para-hydroxylation sites is 2. The molecule has 1 aromatic heterocycles. The monoisotopic (exact) mass is 354 g/mol. The quantitative estimate of drug-likeness (QED) is 0.914. The number of fused-ring (bicyclic) bond motifs is 1. The van der Waals surface area contributed by atoms with Gasteiger partial charge in [0.25, 0.3) is 0 Å². The number of carbonyl (C=O) groups is 2. The first-order valence-electron chi connectivity index (χ1n) is 9.77. The van der Waals surface area contributed by atoms with Crippen LogP contribution in [-0.2, 0) is 9.59 Å². The minimum Gasteiger partial charge on any atom is -0.333 e. The Bertz CT molecular complexity index is 807. The average molecular weight is 354 g/mol. The molecule has 1 aliphatic heterocycles. The first kappa shape index (κ1) is 17.1. The lowest BCUT2D eigenvalue weighted by atomic mass is 9.95. The number of rotatable bonds is 4. The van der Waals surface area contributed by atoms with Crippen LogP contribution >= 0.6 is 0 Å².